The standard InChI is InChI=1S/C20H17N3OS2/c1-11(18(24)14-9-21-15-7-3-2-5-12(14)15)25-19-17-13-6-4-8-16(13)26-20(17)23-10-22-19/h2-3,5,7,9-11,21H,4,6,8H2,1H3/t11-/m1/s1. The van der Waals surface area contributed by atoms with E-state index in [-0.39, 0.29) is 11.0 Å². The lowest BCUT2D eigenvalue weighted by Crippen LogP contribution is -2.13. The van der Waals surface area contributed by atoms with Crippen molar-refractivity contribution in [1.82, 2.24) is 15.0 Å². The number of thioether (sulfide) groups is 1. The summed E-state index contributed by atoms with van der Waals surface area (Å²) in [5, 5.41) is 2.89. The van der Waals surface area contributed by atoms with Crippen molar-refractivity contribution in [1.29, 1.82) is 0 Å². The molecule has 5 rings (SSSR count). The number of benzene rings is 1. The molecule has 0 aliphatic heterocycles. The summed E-state index contributed by atoms with van der Waals surface area (Å²) in [7, 11) is 0. The molecule has 0 radical (unpaired) electrons. The fourth-order valence-corrected chi connectivity index (χ4v) is 6.01. The average molecular weight is 380 g/mol. The molecular weight excluding hydrogens is 362 g/mol. The number of carbonyl (C=O) groups is 1. The van der Waals surface area contributed by atoms with Gasteiger partial charge < -0.3 is 4.98 Å². The van der Waals surface area contributed by atoms with E-state index in [1.165, 1.54) is 22.2 Å². The van der Waals surface area contributed by atoms with Crippen LogP contribution in [-0.4, -0.2) is 26.0 Å². The molecule has 1 aliphatic rings. The normalized spacial score (nSPS) is 14.8. The second kappa shape index (κ2) is 6.21. The van der Waals surface area contributed by atoms with Gasteiger partial charge in [0.1, 0.15) is 16.2 Å². The maximum Gasteiger partial charge on any atom is 0.178 e. The van der Waals surface area contributed by atoms with Gasteiger partial charge in [0.2, 0.25) is 0 Å². The number of ketones is 1. The van der Waals surface area contributed by atoms with Crippen molar-refractivity contribution in [3.8, 4) is 0 Å². The number of Topliss-reactive ketones (excluding diaryl/α,β-unsaturated/α-hetero) is 1. The van der Waals surface area contributed by atoms with Crippen molar-refractivity contribution in [3.05, 3.63) is 52.8 Å². The summed E-state index contributed by atoms with van der Waals surface area (Å²) in [6.07, 6.45) is 6.90. The van der Waals surface area contributed by atoms with Crippen LogP contribution in [0.1, 0.15) is 34.1 Å². The number of aromatic nitrogens is 3. The number of hydrogen-bond acceptors (Lipinski definition) is 5. The van der Waals surface area contributed by atoms with Crippen LogP contribution in [0.15, 0.2) is 41.8 Å². The van der Waals surface area contributed by atoms with Crippen LogP contribution in [0.3, 0.4) is 0 Å². The molecule has 4 aromatic rings. The molecule has 26 heavy (non-hydrogen) atoms. The first-order valence-electron chi connectivity index (χ1n) is 8.74. The number of rotatable bonds is 4. The van der Waals surface area contributed by atoms with Crippen LogP contribution in [0.2, 0.25) is 0 Å². The number of nitrogens with one attached hydrogen (secondary N) is 1. The van der Waals surface area contributed by atoms with Crippen LogP contribution >= 0.6 is 23.1 Å². The number of fused-ring (bicyclic) bond motifs is 4. The highest BCUT2D eigenvalue weighted by Crippen LogP contribution is 2.41. The minimum Gasteiger partial charge on any atom is -0.360 e. The molecular formula is C20H17N3OS2. The first-order chi connectivity index (χ1) is 12.7. The summed E-state index contributed by atoms with van der Waals surface area (Å²) in [6.45, 7) is 1.97. The minimum atomic E-state index is -0.204. The van der Waals surface area contributed by atoms with Crippen LogP contribution in [0.4, 0.5) is 0 Å². The number of hydrogen-bond donors (Lipinski definition) is 1. The van der Waals surface area contributed by atoms with Gasteiger partial charge in [-0.2, -0.15) is 0 Å². The smallest absolute Gasteiger partial charge is 0.178 e. The number of thiophene rings is 1. The third-order valence-corrected chi connectivity index (χ3v) is 7.28. The number of aryl methyl sites for hydroxylation is 2. The van der Waals surface area contributed by atoms with Crippen molar-refractivity contribution >= 4 is 50.0 Å². The molecule has 3 heterocycles. The molecule has 1 aromatic carbocycles. The van der Waals surface area contributed by atoms with Gasteiger partial charge in [-0.1, -0.05) is 30.0 Å². The molecule has 130 valence electrons. The Kier molecular flexibility index (Phi) is 3.83. The fourth-order valence-electron chi connectivity index (χ4n) is 3.70. The van der Waals surface area contributed by atoms with E-state index in [4.69, 9.17) is 0 Å². The fraction of sp³-hybridized carbons (Fsp3) is 0.250. The molecule has 0 unspecified atom stereocenters. The van der Waals surface area contributed by atoms with E-state index in [0.717, 1.165) is 39.2 Å². The Morgan fingerprint density at radius 3 is 3.08 bits per heavy atom. The number of nitrogens with zero attached hydrogens (tertiary/aromatic N) is 2. The summed E-state index contributed by atoms with van der Waals surface area (Å²) in [6, 6.07) is 7.92. The zero-order chi connectivity index (χ0) is 17.7. The van der Waals surface area contributed by atoms with Crippen molar-refractivity contribution < 1.29 is 4.79 Å². The Bertz CT molecular complexity index is 1140. The molecule has 0 saturated carbocycles. The highest BCUT2D eigenvalue weighted by molar-refractivity contribution is 8.00. The van der Waals surface area contributed by atoms with Crippen LogP contribution in [0, 0.1) is 0 Å². The highest BCUT2D eigenvalue weighted by atomic mass is 32.2. The van der Waals surface area contributed by atoms with Gasteiger partial charge in [0, 0.05) is 32.9 Å². The first-order valence-corrected chi connectivity index (χ1v) is 10.4. The SMILES string of the molecule is C[C@@H](Sc1ncnc2sc3c(c12)CCC3)C(=O)c1c[nH]c2ccccc12. The second-order valence-corrected chi connectivity index (χ2v) is 9.00. The molecule has 0 bridgehead atoms. The first kappa shape index (κ1) is 16.0. The third kappa shape index (κ3) is 2.47. The van der Waals surface area contributed by atoms with Crippen molar-refractivity contribution in [3.63, 3.8) is 0 Å². The molecule has 4 nitrogen and oxygen atoms in total. The zero-order valence-electron chi connectivity index (χ0n) is 14.3. The quantitative estimate of drug-likeness (QED) is 0.307. The minimum absolute atomic E-state index is 0.131. The van der Waals surface area contributed by atoms with E-state index in [0.29, 0.717) is 0 Å². The predicted octanol–water partition coefficient (Wildman–Crippen LogP) is 5.02. The lowest BCUT2D eigenvalue weighted by atomic mass is 10.1. The van der Waals surface area contributed by atoms with Gasteiger partial charge in [-0.25, -0.2) is 9.97 Å². The summed E-state index contributed by atoms with van der Waals surface area (Å²) in [4.78, 5) is 27.7. The molecule has 0 spiro atoms. The number of para-hydroxylation sites is 1. The molecule has 0 fully saturated rings. The molecule has 3 aromatic heterocycles. The summed E-state index contributed by atoms with van der Waals surface area (Å²) >= 11 is 3.33. The largest absolute Gasteiger partial charge is 0.360 e. The van der Waals surface area contributed by atoms with Gasteiger partial charge in [-0.3, -0.25) is 4.79 Å². The van der Waals surface area contributed by atoms with E-state index >= 15 is 0 Å². The number of aromatic amines is 1. The summed E-state index contributed by atoms with van der Waals surface area (Å²) < 4.78 is 0. The predicted molar refractivity (Wildman–Crippen MR) is 107 cm³/mol. The Hall–Kier alpha value is -2.18. The molecule has 6 heteroatoms. The molecule has 1 atom stereocenters. The van der Waals surface area contributed by atoms with Gasteiger partial charge in [0.05, 0.1) is 5.25 Å². The lowest BCUT2D eigenvalue weighted by molar-refractivity contribution is 0.0995. The van der Waals surface area contributed by atoms with E-state index < -0.39 is 0 Å². The Balaban J connectivity index is 1.50. The van der Waals surface area contributed by atoms with Crippen LogP contribution in [-0.2, 0) is 12.8 Å². The number of carbonyl (C=O) groups excluding carboxylic acids is 1. The third-order valence-electron chi connectivity index (χ3n) is 4.98. The zero-order valence-corrected chi connectivity index (χ0v) is 15.9. The maximum absolute atomic E-state index is 13.1. The molecule has 0 saturated heterocycles. The van der Waals surface area contributed by atoms with Gasteiger partial charge >= 0.3 is 0 Å². The maximum atomic E-state index is 13.1. The van der Waals surface area contributed by atoms with Gasteiger partial charge in [0.25, 0.3) is 0 Å². The van der Waals surface area contributed by atoms with E-state index in [1.807, 2.05) is 37.4 Å². The van der Waals surface area contributed by atoms with E-state index in [9.17, 15) is 4.79 Å². The second-order valence-electron chi connectivity index (χ2n) is 6.59. The Morgan fingerprint density at radius 2 is 2.15 bits per heavy atom. The van der Waals surface area contributed by atoms with E-state index in [1.54, 1.807) is 29.4 Å². The van der Waals surface area contributed by atoms with Gasteiger partial charge in [0.15, 0.2) is 5.78 Å². The average Bonchev–Trinajstić information content (AvgIpc) is 3.35. The summed E-state index contributed by atoms with van der Waals surface area (Å²) in [5.74, 6) is 0.131. The monoisotopic (exact) mass is 379 g/mol. The lowest BCUT2D eigenvalue weighted by Gasteiger charge is -2.10. The molecule has 1 N–H and O–H groups in total. The molecule has 0 amide bonds. The van der Waals surface area contributed by atoms with Crippen molar-refractivity contribution in [2.45, 2.75) is 36.5 Å². The van der Waals surface area contributed by atoms with Crippen molar-refractivity contribution in [2.75, 3.05) is 0 Å². The van der Waals surface area contributed by atoms with Gasteiger partial charge in [-0.15, -0.1) is 11.3 Å². The highest BCUT2D eigenvalue weighted by Gasteiger charge is 2.25. The topological polar surface area (TPSA) is 58.6 Å². The number of H-pyrrole nitrogens is 1. The van der Waals surface area contributed by atoms with E-state index in [2.05, 4.69) is 15.0 Å². The van der Waals surface area contributed by atoms with Crippen LogP contribution in [0.5, 0.6) is 0 Å². The molecule has 1 aliphatic carbocycles. The van der Waals surface area contributed by atoms with Crippen LogP contribution in [0.25, 0.3) is 21.1 Å². The Morgan fingerprint density at radius 1 is 1.27 bits per heavy atom. The van der Waals surface area contributed by atoms with Crippen LogP contribution < -0.4 is 0 Å². The Labute approximate surface area is 159 Å². The van der Waals surface area contributed by atoms with Crippen molar-refractivity contribution in [2.24, 2.45) is 0 Å². The van der Waals surface area contributed by atoms with Gasteiger partial charge in [-0.05, 0) is 37.8 Å². The summed E-state index contributed by atoms with van der Waals surface area (Å²) in [5.41, 5.74) is 3.15.